The minimum atomic E-state index is -11.1. The third-order valence-electron chi connectivity index (χ3n) is 0. The Morgan fingerprint density at radius 3 is 0.571 bits per heavy atom. The summed E-state index contributed by atoms with van der Waals surface area (Å²) in [6, 6.07) is 0. The molecule has 0 N–H and O–H groups in total. The second kappa shape index (κ2) is 0.762. The molecule has 0 fully saturated rings. The Balaban J connectivity index is 4.43. The summed E-state index contributed by atoms with van der Waals surface area (Å²) in [5.41, 5.74) is 0. The van der Waals surface area contributed by atoms with E-state index >= 15 is 0 Å². The van der Waals surface area contributed by atoms with E-state index in [0.29, 0.717) is 0 Å². The van der Waals surface area contributed by atoms with Gasteiger partial charge < -0.3 is 0 Å². The zero-order valence-corrected chi connectivity index (χ0v) is 4.74. The standard InChI is InChI=1S/Au.6FH/h;6*1H/q+6;;;;;;/p-6. The van der Waals surface area contributed by atoms with Crippen LogP contribution < -0.4 is 0 Å². The molecule has 0 aromatic carbocycles. The summed E-state index contributed by atoms with van der Waals surface area (Å²) in [6.45, 7) is 0. The van der Waals surface area contributed by atoms with Crippen LogP contribution in [-0.2, 0) is 17.8 Å². The van der Waals surface area contributed by atoms with Crippen LogP contribution in [0.25, 0.3) is 0 Å². The Morgan fingerprint density at radius 2 is 0.571 bits per heavy atom. The maximum atomic E-state index is 9.91. The maximum absolute atomic E-state index is 11.1. The molecule has 0 aromatic rings. The van der Waals surface area contributed by atoms with Gasteiger partial charge in [0.1, 0.15) is 0 Å². The third-order valence-corrected chi connectivity index (χ3v) is 0. The van der Waals surface area contributed by atoms with Gasteiger partial charge in [0.25, 0.3) is 0 Å². The first kappa shape index (κ1) is 7.32. The van der Waals surface area contributed by atoms with Crippen LogP contribution in [0, 0.1) is 0 Å². The van der Waals surface area contributed by atoms with Crippen molar-refractivity contribution in [2.45, 2.75) is 0 Å². The van der Waals surface area contributed by atoms with E-state index < -0.39 is 17.8 Å². The normalized spacial score (nSPS) is 23.1. The summed E-state index contributed by atoms with van der Waals surface area (Å²) in [6.07, 6.45) is 0. The van der Waals surface area contributed by atoms with E-state index in [1.165, 1.54) is 0 Å². The van der Waals surface area contributed by atoms with Gasteiger partial charge in [-0.2, -0.15) is 0 Å². The molecule has 0 spiro atoms. The van der Waals surface area contributed by atoms with E-state index in [-0.39, 0.29) is 0 Å². The van der Waals surface area contributed by atoms with E-state index in [4.69, 9.17) is 0 Å². The second-order valence-electron chi connectivity index (χ2n) is 0.646. The van der Waals surface area contributed by atoms with Crippen molar-refractivity contribution in [3.63, 3.8) is 0 Å². The number of halogens is 6. The second-order valence-corrected chi connectivity index (χ2v) is 5.29. The summed E-state index contributed by atoms with van der Waals surface area (Å²) in [5.74, 6) is 0. The van der Waals surface area contributed by atoms with Gasteiger partial charge in [-0.05, 0) is 0 Å². The summed E-state index contributed by atoms with van der Waals surface area (Å²) >= 11 is -11.1. The summed E-state index contributed by atoms with van der Waals surface area (Å²) in [7, 11) is 0. The molecule has 0 aliphatic heterocycles. The van der Waals surface area contributed by atoms with Crippen molar-refractivity contribution >= 4 is 0 Å². The van der Waals surface area contributed by atoms with Gasteiger partial charge in [0.2, 0.25) is 0 Å². The van der Waals surface area contributed by atoms with Crippen molar-refractivity contribution in [1.29, 1.82) is 0 Å². The van der Waals surface area contributed by atoms with Crippen LogP contribution in [0.15, 0.2) is 0 Å². The first-order chi connectivity index (χ1) is 2.45. The van der Waals surface area contributed by atoms with Crippen molar-refractivity contribution in [2.75, 3.05) is 0 Å². The van der Waals surface area contributed by atoms with Crippen LogP contribution >= 0.6 is 0 Å². The molecule has 53 valence electrons. The van der Waals surface area contributed by atoms with Gasteiger partial charge in [-0.3, -0.25) is 0 Å². The molecule has 7 heteroatoms. The monoisotopic (exact) mass is 311 g/mol. The predicted octanol–water partition coefficient (Wildman–Crippen LogP) is 2.52. The third kappa shape index (κ3) is 1150. The summed E-state index contributed by atoms with van der Waals surface area (Å²) in [4.78, 5) is 0. The average molecular weight is 311 g/mol. The Labute approximate surface area is 36.7 Å². The van der Waals surface area contributed by atoms with Gasteiger partial charge in [-0.1, -0.05) is 0 Å². The van der Waals surface area contributed by atoms with Gasteiger partial charge >= 0.3 is 35.9 Å². The molecule has 0 aromatic heterocycles. The van der Waals surface area contributed by atoms with Crippen molar-refractivity contribution in [2.24, 2.45) is 0 Å². The van der Waals surface area contributed by atoms with E-state index in [1.807, 2.05) is 0 Å². The van der Waals surface area contributed by atoms with Crippen LogP contribution in [0.3, 0.4) is 0 Å². The molecule has 0 bridgehead atoms. The van der Waals surface area contributed by atoms with E-state index in [2.05, 4.69) is 0 Å². The van der Waals surface area contributed by atoms with Crippen LogP contribution in [0.1, 0.15) is 0 Å². The topological polar surface area (TPSA) is 0 Å². The molecule has 0 heterocycles. The zero-order valence-electron chi connectivity index (χ0n) is 2.57. The molecule has 0 radical (unpaired) electrons. The summed E-state index contributed by atoms with van der Waals surface area (Å²) < 4.78 is 59.4. The molecular formula is AuF6. The Hall–Kier alpha value is 0.320. The van der Waals surface area contributed by atoms with Gasteiger partial charge in [-0.25, -0.2) is 0 Å². The average Bonchev–Trinajstić information content (AvgIpc) is 0.592. The molecule has 0 atom stereocenters. The van der Waals surface area contributed by atoms with Gasteiger partial charge in [0.05, 0.1) is 0 Å². The molecule has 0 rings (SSSR count). The van der Waals surface area contributed by atoms with Crippen LogP contribution in [0.4, 0.5) is 18.1 Å². The van der Waals surface area contributed by atoms with Crippen LogP contribution in [0.5, 0.6) is 0 Å². The Bertz CT molecular complexity index is 62.7. The SMILES string of the molecule is [F][Au]([F])([F])([F])([F])[F]. The molecular weight excluding hydrogens is 311 g/mol. The van der Waals surface area contributed by atoms with Crippen molar-refractivity contribution < 1.29 is 35.9 Å². The van der Waals surface area contributed by atoms with Gasteiger partial charge in [-0.15, -0.1) is 0 Å². The first-order valence-corrected chi connectivity index (χ1v) is 5.60. The quantitative estimate of drug-likeness (QED) is 0.476. The minimum absolute atomic E-state index is 9.91. The predicted molar refractivity (Wildman–Crippen MR) is 6.65 cm³/mol. The van der Waals surface area contributed by atoms with Gasteiger partial charge in [0.15, 0.2) is 0 Å². The molecule has 0 aliphatic carbocycles. The van der Waals surface area contributed by atoms with Crippen molar-refractivity contribution in [1.82, 2.24) is 0 Å². The Morgan fingerprint density at radius 1 is 0.571 bits per heavy atom. The number of hydrogen-bond donors (Lipinski definition) is 0. The molecule has 7 heavy (non-hydrogen) atoms. The van der Waals surface area contributed by atoms with E-state index in [0.717, 1.165) is 0 Å². The zero-order chi connectivity index (χ0) is 6.41. The molecule has 0 saturated carbocycles. The van der Waals surface area contributed by atoms with E-state index in [9.17, 15) is 18.1 Å². The van der Waals surface area contributed by atoms with Gasteiger partial charge in [0, 0.05) is 0 Å². The molecule has 0 saturated heterocycles. The number of rotatable bonds is 0. The fourth-order valence-corrected chi connectivity index (χ4v) is 0. The fraction of sp³-hybridized carbons (Fsp3) is 0. The van der Waals surface area contributed by atoms with Crippen molar-refractivity contribution in [3.05, 3.63) is 0 Å². The molecule has 0 aliphatic rings. The summed E-state index contributed by atoms with van der Waals surface area (Å²) in [5, 5.41) is 0. The molecule has 0 amide bonds. The van der Waals surface area contributed by atoms with E-state index in [1.54, 1.807) is 0 Å². The first-order valence-electron chi connectivity index (χ1n) is 0.684. The van der Waals surface area contributed by atoms with Crippen LogP contribution in [0.2, 0.25) is 0 Å². The fourth-order valence-electron chi connectivity index (χ4n) is 0. The van der Waals surface area contributed by atoms with Crippen molar-refractivity contribution in [3.8, 4) is 0 Å². The Kier molecular flexibility index (Phi) is 0.797. The number of hydrogen-bond acceptors (Lipinski definition) is 0. The van der Waals surface area contributed by atoms with Crippen LogP contribution in [-0.4, -0.2) is 0 Å². The molecule has 0 nitrogen and oxygen atoms in total. The molecule has 0 unspecified atom stereocenters.